The van der Waals surface area contributed by atoms with Gasteiger partial charge in [-0.05, 0) is 17.7 Å². The van der Waals surface area contributed by atoms with Crippen LogP contribution in [0.15, 0.2) is 36.9 Å². The van der Waals surface area contributed by atoms with Gasteiger partial charge in [-0.15, -0.1) is 0 Å². The van der Waals surface area contributed by atoms with Crippen molar-refractivity contribution in [1.82, 2.24) is 20.2 Å². The van der Waals surface area contributed by atoms with Gasteiger partial charge in [0.25, 0.3) is 5.91 Å². The van der Waals surface area contributed by atoms with Gasteiger partial charge >= 0.3 is 0 Å². The van der Waals surface area contributed by atoms with Crippen molar-refractivity contribution in [2.24, 2.45) is 0 Å². The molecule has 0 fully saturated rings. The van der Waals surface area contributed by atoms with E-state index in [4.69, 9.17) is 5.21 Å². The van der Waals surface area contributed by atoms with E-state index >= 15 is 0 Å². The summed E-state index contributed by atoms with van der Waals surface area (Å²) in [6.07, 6.45) is 3.04. The predicted octanol–water partition coefficient (Wildman–Crippen LogP) is 0.445. The summed E-state index contributed by atoms with van der Waals surface area (Å²) in [5.74, 6) is -0.527. The third-order valence-corrected chi connectivity index (χ3v) is 2.10. The monoisotopic (exact) mass is 218 g/mol. The number of carbonyl (C=O) groups excluding carboxylic acids is 1. The zero-order valence-corrected chi connectivity index (χ0v) is 8.37. The molecule has 6 nitrogen and oxygen atoms in total. The summed E-state index contributed by atoms with van der Waals surface area (Å²) in [6, 6.07) is 6.93. The molecule has 6 heteroatoms. The van der Waals surface area contributed by atoms with Crippen molar-refractivity contribution in [2.45, 2.75) is 6.54 Å². The van der Waals surface area contributed by atoms with Gasteiger partial charge in [0.15, 0.2) is 0 Å². The van der Waals surface area contributed by atoms with Crippen molar-refractivity contribution >= 4 is 5.91 Å². The topological polar surface area (TPSA) is 80.0 Å². The van der Waals surface area contributed by atoms with E-state index in [1.165, 1.54) is 6.33 Å². The van der Waals surface area contributed by atoms with Crippen molar-refractivity contribution in [2.75, 3.05) is 0 Å². The molecule has 0 aliphatic rings. The number of amides is 1. The van der Waals surface area contributed by atoms with Gasteiger partial charge in [0.1, 0.15) is 12.7 Å². The molecule has 0 saturated heterocycles. The number of hydrogen-bond acceptors (Lipinski definition) is 4. The molecule has 1 amide bonds. The van der Waals surface area contributed by atoms with E-state index < -0.39 is 5.91 Å². The number of rotatable bonds is 3. The summed E-state index contributed by atoms with van der Waals surface area (Å²) < 4.78 is 1.65. The highest BCUT2D eigenvalue weighted by molar-refractivity contribution is 5.93. The van der Waals surface area contributed by atoms with Crippen LogP contribution < -0.4 is 5.48 Å². The zero-order chi connectivity index (χ0) is 11.4. The van der Waals surface area contributed by atoms with Gasteiger partial charge in [0.05, 0.1) is 6.54 Å². The van der Waals surface area contributed by atoms with E-state index in [9.17, 15) is 4.79 Å². The minimum atomic E-state index is -0.527. The number of carbonyl (C=O) groups is 1. The number of benzene rings is 1. The second-order valence-electron chi connectivity index (χ2n) is 3.23. The lowest BCUT2D eigenvalue weighted by Crippen LogP contribution is -2.18. The van der Waals surface area contributed by atoms with Gasteiger partial charge in [-0.1, -0.05) is 12.1 Å². The van der Waals surface area contributed by atoms with E-state index in [0.29, 0.717) is 12.1 Å². The van der Waals surface area contributed by atoms with Gasteiger partial charge in [-0.25, -0.2) is 15.1 Å². The summed E-state index contributed by atoms with van der Waals surface area (Å²) in [7, 11) is 0. The first-order valence-corrected chi connectivity index (χ1v) is 4.65. The van der Waals surface area contributed by atoms with Gasteiger partial charge in [-0.2, -0.15) is 5.10 Å². The molecule has 0 saturated carbocycles. The van der Waals surface area contributed by atoms with Crippen molar-refractivity contribution in [1.29, 1.82) is 0 Å². The maximum absolute atomic E-state index is 11.2. The minimum absolute atomic E-state index is 0.403. The standard InChI is InChI=1S/C10H10N4O2/c15-10(13-16)9-3-1-2-8(4-9)5-14-7-11-6-12-14/h1-4,6-7,16H,5H2,(H,13,15). The van der Waals surface area contributed by atoms with Crippen LogP contribution in [0.25, 0.3) is 0 Å². The Bertz CT molecular complexity index is 481. The molecule has 82 valence electrons. The van der Waals surface area contributed by atoms with E-state index in [-0.39, 0.29) is 0 Å². The van der Waals surface area contributed by atoms with E-state index in [0.717, 1.165) is 5.56 Å². The molecule has 16 heavy (non-hydrogen) atoms. The normalized spacial score (nSPS) is 10.1. The zero-order valence-electron chi connectivity index (χ0n) is 8.37. The van der Waals surface area contributed by atoms with E-state index in [1.54, 1.807) is 34.7 Å². The Kier molecular flexibility index (Phi) is 2.93. The van der Waals surface area contributed by atoms with Crippen LogP contribution in [-0.2, 0) is 6.54 Å². The molecule has 2 rings (SSSR count). The number of nitrogens with one attached hydrogen (secondary N) is 1. The third-order valence-electron chi connectivity index (χ3n) is 2.10. The lowest BCUT2D eigenvalue weighted by Gasteiger charge is -2.03. The highest BCUT2D eigenvalue weighted by Gasteiger charge is 2.04. The molecule has 0 bridgehead atoms. The minimum Gasteiger partial charge on any atom is -0.288 e. The molecule has 0 spiro atoms. The predicted molar refractivity (Wildman–Crippen MR) is 54.8 cm³/mol. The Hall–Kier alpha value is -2.21. The molecule has 1 heterocycles. The summed E-state index contributed by atoms with van der Waals surface area (Å²) in [6.45, 7) is 0.534. The van der Waals surface area contributed by atoms with Gasteiger partial charge in [-0.3, -0.25) is 10.0 Å². The Morgan fingerprint density at radius 2 is 2.38 bits per heavy atom. The highest BCUT2D eigenvalue weighted by Crippen LogP contribution is 2.06. The number of hydroxylamine groups is 1. The Morgan fingerprint density at radius 1 is 1.50 bits per heavy atom. The van der Waals surface area contributed by atoms with Gasteiger partial charge in [0, 0.05) is 5.56 Å². The molecule has 0 radical (unpaired) electrons. The Balaban J connectivity index is 2.19. The number of nitrogens with zero attached hydrogens (tertiary/aromatic N) is 3. The molecular weight excluding hydrogens is 208 g/mol. The van der Waals surface area contributed by atoms with Crippen LogP contribution in [0.5, 0.6) is 0 Å². The van der Waals surface area contributed by atoms with Crippen LogP contribution in [-0.4, -0.2) is 25.9 Å². The second kappa shape index (κ2) is 4.54. The largest absolute Gasteiger partial charge is 0.288 e. The van der Waals surface area contributed by atoms with Crippen LogP contribution >= 0.6 is 0 Å². The Morgan fingerprint density at radius 3 is 3.06 bits per heavy atom. The average molecular weight is 218 g/mol. The number of aromatic nitrogens is 3. The lowest BCUT2D eigenvalue weighted by molar-refractivity contribution is 0.0706. The molecule has 1 aromatic carbocycles. The van der Waals surface area contributed by atoms with Crippen LogP contribution in [0.4, 0.5) is 0 Å². The molecule has 0 unspecified atom stereocenters. The van der Waals surface area contributed by atoms with Crippen LogP contribution in [0.1, 0.15) is 15.9 Å². The fourth-order valence-electron chi connectivity index (χ4n) is 1.38. The highest BCUT2D eigenvalue weighted by atomic mass is 16.5. The molecule has 2 aromatic rings. The van der Waals surface area contributed by atoms with Crippen molar-refractivity contribution in [3.05, 3.63) is 48.0 Å². The van der Waals surface area contributed by atoms with Crippen LogP contribution in [0.2, 0.25) is 0 Å². The summed E-state index contributed by atoms with van der Waals surface area (Å²) in [5.41, 5.74) is 2.91. The first kappa shape index (κ1) is 10.3. The molecular formula is C10H10N4O2. The van der Waals surface area contributed by atoms with Crippen LogP contribution in [0, 0.1) is 0 Å². The SMILES string of the molecule is O=C(NO)c1cccc(Cn2cncn2)c1. The summed E-state index contributed by atoms with van der Waals surface area (Å²) in [5, 5.41) is 12.5. The lowest BCUT2D eigenvalue weighted by atomic mass is 10.1. The maximum atomic E-state index is 11.2. The molecule has 0 aliphatic heterocycles. The van der Waals surface area contributed by atoms with Crippen molar-refractivity contribution in [3.8, 4) is 0 Å². The fourth-order valence-corrected chi connectivity index (χ4v) is 1.38. The summed E-state index contributed by atoms with van der Waals surface area (Å²) >= 11 is 0. The second-order valence-corrected chi connectivity index (χ2v) is 3.23. The molecule has 0 aliphatic carbocycles. The average Bonchev–Trinajstić information content (AvgIpc) is 2.81. The molecule has 0 atom stereocenters. The maximum Gasteiger partial charge on any atom is 0.274 e. The van der Waals surface area contributed by atoms with Crippen LogP contribution in [0.3, 0.4) is 0 Å². The first-order valence-electron chi connectivity index (χ1n) is 4.65. The van der Waals surface area contributed by atoms with Crippen molar-refractivity contribution < 1.29 is 10.0 Å². The molecule has 1 aromatic heterocycles. The molecule has 2 N–H and O–H groups in total. The summed E-state index contributed by atoms with van der Waals surface area (Å²) in [4.78, 5) is 15.0. The van der Waals surface area contributed by atoms with E-state index in [2.05, 4.69) is 10.1 Å². The third kappa shape index (κ3) is 2.23. The Labute approximate surface area is 91.5 Å². The van der Waals surface area contributed by atoms with Gasteiger partial charge in [0.2, 0.25) is 0 Å². The van der Waals surface area contributed by atoms with Crippen molar-refractivity contribution in [3.63, 3.8) is 0 Å². The quantitative estimate of drug-likeness (QED) is 0.579. The number of hydrogen-bond donors (Lipinski definition) is 2. The smallest absolute Gasteiger partial charge is 0.274 e. The van der Waals surface area contributed by atoms with Gasteiger partial charge < -0.3 is 0 Å². The van der Waals surface area contributed by atoms with E-state index in [1.807, 2.05) is 6.07 Å². The first-order chi connectivity index (χ1) is 7.79. The fraction of sp³-hybridized carbons (Fsp3) is 0.100.